The van der Waals surface area contributed by atoms with Crippen molar-refractivity contribution in [3.05, 3.63) is 70.7 Å². The van der Waals surface area contributed by atoms with Gasteiger partial charge in [-0.3, -0.25) is 14.3 Å². The zero-order chi connectivity index (χ0) is 24.0. The van der Waals surface area contributed by atoms with E-state index in [-0.39, 0.29) is 34.6 Å². The van der Waals surface area contributed by atoms with Gasteiger partial charge in [-0.25, -0.2) is 12.8 Å². The van der Waals surface area contributed by atoms with E-state index >= 15 is 0 Å². The van der Waals surface area contributed by atoms with Crippen LogP contribution in [0.3, 0.4) is 0 Å². The summed E-state index contributed by atoms with van der Waals surface area (Å²) in [4.78, 5) is 24.9. The molecule has 0 saturated heterocycles. The Morgan fingerprint density at radius 3 is 2.45 bits per heavy atom. The molecule has 0 saturated carbocycles. The molecule has 2 amide bonds. The van der Waals surface area contributed by atoms with Crippen molar-refractivity contribution in [2.45, 2.75) is 24.3 Å². The highest BCUT2D eigenvalue weighted by Crippen LogP contribution is 2.30. The summed E-state index contributed by atoms with van der Waals surface area (Å²) in [6.07, 6.45) is -0.0111. The quantitative estimate of drug-likeness (QED) is 0.420. The van der Waals surface area contributed by atoms with E-state index in [0.29, 0.717) is 5.69 Å². The molecule has 1 atom stereocenters. The third-order valence-electron chi connectivity index (χ3n) is 4.51. The molecule has 174 valence electrons. The number of ether oxygens (including phenoxy) is 1. The van der Waals surface area contributed by atoms with Crippen molar-refractivity contribution in [2.75, 3.05) is 17.1 Å². The van der Waals surface area contributed by atoms with Gasteiger partial charge in [0.2, 0.25) is 11.8 Å². The van der Waals surface area contributed by atoms with Crippen LogP contribution in [0.1, 0.15) is 24.3 Å². The van der Waals surface area contributed by atoms with Gasteiger partial charge in [-0.15, -0.1) is 11.3 Å². The summed E-state index contributed by atoms with van der Waals surface area (Å²) in [5.41, 5.74) is 0.418. The third-order valence-corrected chi connectivity index (χ3v) is 6.87. The van der Waals surface area contributed by atoms with Crippen molar-refractivity contribution in [3.8, 4) is 5.75 Å². The molecule has 0 radical (unpaired) electrons. The van der Waals surface area contributed by atoms with Gasteiger partial charge in [0.05, 0.1) is 30.2 Å². The minimum absolute atomic E-state index is 0.0111. The van der Waals surface area contributed by atoms with Gasteiger partial charge in [0.1, 0.15) is 11.6 Å². The van der Waals surface area contributed by atoms with Gasteiger partial charge in [-0.2, -0.15) is 0 Å². The summed E-state index contributed by atoms with van der Waals surface area (Å²) in [5, 5.41) is 7.31. The monoisotopic (exact) mass is 491 g/mol. The summed E-state index contributed by atoms with van der Waals surface area (Å²) in [6.45, 7) is 1.38. The van der Waals surface area contributed by atoms with Crippen LogP contribution in [-0.4, -0.2) is 27.3 Å². The Hall–Kier alpha value is -3.44. The maximum atomic E-state index is 13.1. The molecule has 3 N–H and O–H groups in total. The molecule has 0 bridgehead atoms. The number of hydrogen-bond donors (Lipinski definition) is 3. The Morgan fingerprint density at radius 2 is 1.85 bits per heavy atom. The van der Waals surface area contributed by atoms with Crippen LogP contribution >= 0.6 is 11.3 Å². The Balaban J connectivity index is 1.78. The largest absolute Gasteiger partial charge is 0.495 e. The van der Waals surface area contributed by atoms with E-state index in [2.05, 4.69) is 15.4 Å². The molecule has 2 aromatic carbocycles. The summed E-state index contributed by atoms with van der Waals surface area (Å²) in [6, 6.07) is 12.0. The second kappa shape index (κ2) is 10.5. The number of hydrogen-bond acceptors (Lipinski definition) is 6. The molecule has 11 heteroatoms. The summed E-state index contributed by atoms with van der Waals surface area (Å²) in [7, 11) is -2.65. The average molecular weight is 492 g/mol. The number of rotatable bonds is 9. The van der Waals surface area contributed by atoms with Gasteiger partial charge in [0, 0.05) is 17.5 Å². The van der Waals surface area contributed by atoms with Crippen molar-refractivity contribution in [2.24, 2.45) is 0 Å². The second-order valence-corrected chi connectivity index (χ2v) is 9.66. The first kappa shape index (κ1) is 24.2. The Morgan fingerprint density at radius 1 is 1.12 bits per heavy atom. The maximum absolute atomic E-state index is 13.1. The predicted octanol–water partition coefficient (Wildman–Crippen LogP) is 3.90. The molecule has 0 spiro atoms. The molecule has 0 aliphatic carbocycles. The fraction of sp³-hybridized carbons (Fsp3) is 0.182. The summed E-state index contributed by atoms with van der Waals surface area (Å²) < 4.78 is 46.1. The number of sulfonamides is 1. The van der Waals surface area contributed by atoms with E-state index in [4.69, 9.17) is 4.74 Å². The van der Waals surface area contributed by atoms with Gasteiger partial charge in [0.15, 0.2) is 0 Å². The Kier molecular flexibility index (Phi) is 7.67. The number of benzene rings is 2. The van der Waals surface area contributed by atoms with Crippen molar-refractivity contribution in [3.63, 3.8) is 0 Å². The van der Waals surface area contributed by atoms with Gasteiger partial charge >= 0.3 is 0 Å². The first-order valence-corrected chi connectivity index (χ1v) is 12.1. The van der Waals surface area contributed by atoms with Crippen LogP contribution in [0.5, 0.6) is 5.75 Å². The van der Waals surface area contributed by atoms with E-state index < -0.39 is 21.9 Å². The lowest BCUT2D eigenvalue weighted by Gasteiger charge is -2.17. The standard InChI is InChI=1S/C22H22FN3O5S2/c1-14(27)24-19(21-4-3-11-32-21)13-22(28)25-16-7-10-20(31-2)18(12-16)26-33(29,30)17-8-5-15(23)6-9-17/h3-12,19,26H,13H2,1-2H3,(H,24,27)(H,25,28). The van der Waals surface area contributed by atoms with E-state index in [9.17, 15) is 22.4 Å². The molecule has 1 unspecified atom stereocenters. The first-order valence-electron chi connectivity index (χ1n) is 9.74. The average Bonchev–Trinajstić information content (AvgIpc) is 3.28. The minimum atomic E-state index is -4.03. The molecule has 3 rings (SSSR count). The zero-order valence-corrected chi connectivity index (χ0v) is 19.4. The van der Waals surface area contributed by atoms with Crippen molar-refractivity contribution >= 4 is 44.5 Å². The molecule has 0 aliphatic heterocycles. The number of carbonyl (C=O) groups is 2. The highest BCUT2D eigenvalue weighted by atomic mass is 32.2. The SMILES string of the molecule is COc1ccc(NC(=O)CC(NC(C)=O)c2cccs2)cc1NS(=O)(=O)c1ccc(F)cc1. The van der Waals surface area contributed by atoms with Crippen LogP contribution in [0.15, 0.2) is 64.9 Å². The van der Waals surface area contributed by atoms with Crippen molar-refractivity contribution in [1.29, 1.82) is 0 Å². The number of anilines is 2. The van der Waals surface area contributed by atoms with Crippen molar-refractivity contribution < 1.29 is 27.1 Å². The van der Waals surface area contributed by atoms with Crippen LogP contribution in [0.2, 0.25) is 0 Å². The molecule has 0 aliphatic rings. The maximum Gasteiger partial charge on any atom is 0.262 e. The van der Waals surface area contributed by atoms with Gasteiger partial charge in [-0.1, -0.05) is 6.07 Å². The summed E-state index contributed by atoms with van der Waals surface area (Å²) >= 11 is 1.42. The van der Waals surface area contributed by atoms with E-state index in [1.54, 1.807) is 6.07 Å². The van der Waals surface area contributed by atoms with E-state index in [1.807, 2.05) is 17.5 Å². The van der Waals surface area contributed by atoms with E-state index in [1.165, 1.54) is 37.5 Å². The summed E-state index contributed by atoms with van der Waals surface area (Å²) in [5.74, 6) is -0.965. The van der Waals surface area contributed by atoms with Crippen molar-refractivity contribution in [1.82, 2.24) is 5.32 Å². The lowest BCUT2D eigenvalue weighted by Crippen LogP contribution is -2.29. The number of thiophene rings is 1. The molecular formula is C22H22FN3O5S2. The molecular weight excluding hydrogens is 469 g/mol. The fourth-order valence-corrected chi connectivity index (χ4v) is 4.88. The van der Waals surface area contributed by atoms with Crippen LogP contribution in [0.4, 0.5) is 15.8 Å². The molecule has 8 nitrogen and oxygen atoms in total. The first-order chi connectivity index (χ1) is 15.7. The lowest BCUT2D eigenvalue weighted by molar-refractivity contribution is -0.120. The molecule has 1 aromatic heterocycles. The lowest BCUT2D eigenvalue weighted by atomic mass is 10.1. The van der Waals surface area contributed by atoms with Crippen LogP contribution in [-0.2, 0) is 19.6 Å². The van der Waals surface area contributed by atoms with Crippen LogP contribution < -0.4 is 20.1 Å². The number of carbonyl (C=O) groups excluding carboxylic acids is 2. The predicted molar refractivity (Wildman–Crippen MR) is 124 cm³/mol. The van der Waals surface area contributed by atoms with Crippen LogP contribution in [0, 0.1) is 5.82 Å². The normalized spacial score (nSPS) is 12.0. The number of amides is 2. The number of methoxy groups -OCH3 is 1. The van der Waals surface area contributed by atoms with Gasteiger partial charge < -0.3 is 15.4 Å². The highest BCUT2D eigenvalue weighted by molar-refractivity contribution is 7.92. The smallest absolute Gasteiger partial charge is 0.262 e. The third kappa shape index (κ3) is 6.53. The Bertz CT molecular complexity index is 1230. The number of nitrogens with one attached hydrogen (secondary N) is 3. The topological polar surface area (TPSA) is 114 Å². The highest BCUT2D eigenvalue weighted by Gasteiger charge is 2.20. The molecule has 33 heavy (non-hydrogen) atoms. The van der Waals surface area contributed by atoms with Gasteiger partial charge in [-0.05, 0) is 53.9 Å². The molecule has 0 fully saturated rings. The Labute approximate surface area is 194 Å². The molecule has 1 heterocycles. The van der Waals surface area contributed by atoms with E-state index in [0.717, 1.165) is 29.1 Å². The minimum Gasteiger partial charge on any atom is -0.495 e. The van der Waals surface area contributed by atoms with Crippen LogP contribution in [0.25, 0.3) is 0 Å². The number of halogens is 1. The second-order valence-electron chi connectivity index (χ2n) is 7.00. The zero-order valence-electron chi connectivity index (χ0n) is 17.8. The molecule has 3 aromatic rings. The van der Waals surface area contributed by atoms with Gasteiger partial charge in [0.25, 0.3) is 10.0 Å². The fourth-order valence-electron chi connectivity index (χ4n) is 3.04.